The minimum atomic E-state index is -0.410. The predicted molar refractivity (Wildman–Crippen MR) is 122 cm³/mol. The Morgan fingerprint density at radius 2 is 1.83 bits per heavy atom. The lowest BCUT2D eigenvalue weighted by Crippen LogP contribution is -2.48. The molecule has 0 saturated heterocycles. The summed E-state index contributed by atoms with van der Waals surface area (Å²) in [5.41, 5.74) is 6.47. The van der Waals surface area contributed by atoms with Crippen molar-refractivity contribution in [1.82, 2.24) is 16.2 Å². The molecular formula is C21H24BrN3O4S. The molecule has 0 aromatic heterocycles. The molecule has 0 aliphatic carbocycles. The van der Waals surface area contributed by atoms with Crippen molar-refractivity contribution in [2.45, 2.75) is 19.8 Å². The molecule has 0 unspecified atom stereocenters. The molecule has 2 aromatic rings. The summed E-state index contributed by atoms with van der Waals surface area (Å²) in [5.74, 6) is -0.0582. The normalized spacial score (nSPS) is 10.2. The Balaban J connectivity index is 1.78. The monoisotopic (exact) mass is 493 g/mol. The van der Waals surface area contributed by atoms with Gasteiger partial charge in [0.15, 0.2) is 5.11 Å². The van der Waals surface area contributed by atoms with Gasteiger partial charge in [-0.15, -0.1) is 0 Å². The minimum absolute atomic E-state index is 0.0101. The first-order valence-electron chi connectivity index (χ1n) is 9.43. The van der Waals surface area contributed by atoms with Gasteiger partial charge in [-0.2, -0.15) is 0 Å². The van der Waals surface area contributed by atoms with E-state index in [9.17, 15) is 9.59 Å². The van der Waals surface area contributed by atoms with Crippen LogP contribution in [-0.2, 0) is 16.0 Å². The fourth-order valence-electron chi connectivity index (χ4n) is 2.39. The number of benzene rings is 2. The van der Waals surface area contributed by atoms with Crippen molar-refractivity contribution in [2.75, 3.05) is 19.8 Å². The molecule has 2 aromatic carbocycles. The molecule has 0 fully saturated rings. The number of amides is 2. The largest absolute Gasteiger partial charge is 0.492 e. The molecule has 0 aliphatic heterocycles. The van der Waals surface area contributed by atoms with Crippen LogP contribution in [0.3, 0.4) is 0 Å². The third kappa shape index (κ3) is 8.48. The van der Waals surface area contributed by atoms with Gasteiger partial charge in [0.05, 0.1) is 24.1 Å². The van der Waals surface area contributed by atoms with Gasteiger partial charge < -0.3 is 9.47 Å². The van der Waals surface area contributed by atoms with Crippen LogP contribution in [0.4, 0.5) is 0 Å². The Labute approximate surface area is 189 Å². The topological polar surface area (TPSA) is 88.7 Å². The highest BCUT2D eigenvalue weighted by Crippen LogP contribution is 2.26. The SMILES string of the molecule is CCOCCC(=O)NNC(=S)NC(=O)c1ccc(OCCc2ccccc2)c(Br)c1. The number of thiocarbonyl (C=S) groups is 1. The third-order valence-electron chi connectivity index (χ3n) is 3.91. The molecule has 0 bridgehead atoms. The van der Waals surface area contributed by atoms with Gasteiger partial charge in [0.1, 0.15) is 5.75 Å². The second kappa shape index (κ2) is 12.9. The van der Waals surface area contributed by atoms with E-state index >= 15 is 0 Å². The van der Waals surface area contributed by atoms with Gasteiger partial charge in [0, 0.05) is 18.6 Å². The summed E-state index contributed by atoms with van der Waals surface area (Å²) in [7, 11) is 0. The standard InChI is InChI=1S/C21H24BrN3O4S/c1-2-28-12-11-19(26)24-25-21(30)23-20(27)16-8-9-18(17(22)14-16)29-13-10-15-6-4-3-5-7-15/h3-9,14H,2,10-13H2,1H3,(H,24,26)(H2,23,25,27,30). The van der Waals surface area contributed by atoms with E-state index in [4.69, 9.17) is 21.7 Å². The second-order valence-electron chi connectivity index (χ2n) is 6.13. The van der Waals surface area contributed by atoms with Gasteiger partial charge in [-0.05, 0) is 58.8 Å². The molecule has 0 atom stereocenters. The Bertz CT molecular complexity index is 865. The number of nitrogens with one attached hydrogen (secondary N) is 3. The molecule has 7 nitrogen and oxygen atoms in total. The van der Waals surface area contributed by atoms with E-state index in [1.165, 1.54) is 5.56 Å². The van der Waals surface area contributed by atoms with Gasteiger partial charge in [0.2, 0.25) is 5.91 Å². The van der Waals surface area contributed by atoms with E-state index in [0.717, 1.165) is 6.42 Å². The number of hydrogen-bond acceptors (Lipinski definition) is 5. The van der Waals surface area contributed by atoms with Crippen LogP contribution in [0.1, 0.15) is 29.3 Å². The van der Waals surface area contributed by atoms with Crippen molar-refractivity contribution in [2.24, 2.45) is 0 Å². The predicted octanol–water partition coefficient (Wildman–Crippen LogP) is 3.13. The van der Waals surface area contributed by atoms with Crippen LogP contribution in [0.25, 0.3) is 0 Å². The average molecular weight is 494 g/mol. The number of carbonyl (C=O) groups is 2. The maximum absolute atomic E-state index is 12.3. The molecule has 3 N–H and O–H groups in total. The van der Waals surface area contributed by atoms with Gasteiger partial charge in [-0.3, -0.25) is 25.8 Å². The van der Waals surface area contributed by atoms with E-state index in [0.29, 0.717) is 35.6 Å². The highest BCUT2D eigenvalue weighted by molar-refractivity contribution is 9.10. The fourth-order valence-corrected chi connectivity index (χ4v) is 3.02. The first-order chi connectivity index (χ1) is 14.5. The number of rotatable bonds is 9. The molecule has 0 radical (unpaired) electrons. The minimum Gasteiger partial charge on any atom is -0.492 e. The highest BCUT2D eigenvalue weighted by Gasteiger charge is 2.11. The van der Waals surface area contributed by atoms with Gasteiger partial charge in [-0.1, -0.05) is 30.3 Å². The summed E-state index contributed by atoms with van der Waals surface area (Å²) in [4.78, 5) is 23.9. The zero-order chi connectivity index (χ0) is 21.8. The summed E-state index contributed by atoms with van der Waals surface area (Å²) in [5, 5.41) is 2.49. The Hall–Kier alpha value is -2.49. The number of hydrogen-bond donors (Lipinski definition) is 3. The van der Waals surface area contributed by atoms with Crippen molar-refractivity contribution in [3.05, 3.63) is 64.1 Å². The molecule has 0 saturated carbocycles. The van der Waals surface area contributed by atoms with Crippen LogP contribution in [0.2, 0.25) is 0 Å². The van der Waals surface area contributed by atoms with Gasteiger partial charge in [0.25, 0.3) is 5.91 Å². The summed E-state index contributed by atoms with van der Waals surface area (Å²) >= 11 is 8.45. The van der Waals surface area contributed by atoms with E-state index in [1.807, 2.05) is 37.3 Å². The maximum Gasteiger partial charge on any atom is 0.257 e. The van der Waals surface area contributed by atoms with E-state index in [2.05, 4.69) is 32.1 Å². The first-order valence-corrected chi connectivity index (χ1v) is 10.6. The second-order valence-corrected chi connectivity index (χ2v) is 7.40. The summed E-state index contributed by atoms with van der Waals surface area (Å²) in [6.45, 7) is 3.23. The quantitative estimate of drug-likeness (QED) is 0.282. The zero-order valence-electron chi connectivity index (χ0n) is 16.6. The Morgan fingerprint density at radius 1 is 1.07 bits per heavy atom. The molecule has 160 valence electrons. The van der Waals surface area contributed by atoms with Crippen LogP contribution in [0, 0.1) is 0 Å². The molecule has 2 rings (SSSR count). The maximum atomic E-state index is 12.3. The number of ether oxygens (including phenoxy) is 2. The molecule has 2 amide bonds. The molecule has 0 aliphatic rings. The Morgan fingerprint density at radius 3 is 2.53 bits per heavy atom. The zero-order valence-corrected chi connectivity index (χ0v) is 19.0. The average Bonchev–Trinajstić information content (AvgIpc) is 2.74. The van der Waals surface area contributed by atoms with Crippen molar-refractivity contribution in [3.63, 3.8) is 0 Å². The Kier molecular flexibility index (Phi) is 10.3. The molecule has 0 spiro atoms. The lowest BCUT2D eigenvalue weighted by molar-refractivity contribution is -0.122. The first kappa shape index (κ1) is 23.8. The summed E-state index contributed by atoms with van der Waals surface area (Å²) in [6, 6.07) is 15.1. The fraction of sp³-hybridized carbons (Fsp3) is 0.286. The van der Waals surface area contributed by atoms with E-state index in [1.54, 1.807) is 18.2 Å². The third-order valence-corrected chi connectivity index (χ3v) is 4.73. The van der Waals surface area contributed by atoms with Crippen LogP contribution in [0.15, 0.2) is 53.0 Å². The molecule has 9 heteroatoms. The summed E-state index contributed by atoms with van der Waals surface area (Å²) in [6.07, 6.45) is 0.974. The van der Waals surface area contributed by atoms with Gasteiger partial charge in [-0.25, -0.2) is 0 Å². The smallest absolute Gasteiger partial charge is 0.257 e. The number of carbonyl (C=O) groups excluding carboxylic acids is 2. The van der Waals surface area contributed by atoms with Crippen LogP contribution >= 0.6 is 28.1 Å². The van der Waals surface area contributed by atoms with Crippen molar-refractivity contribution in [3.8, 4) is 5.75 Å². The number of halogens is 1. The lowest BCUT2D eigenvalue weighted by Gasteiger charge is -2.12. The van der Waals surface area contributed by atoms with E-state index < -0.39 is 5.91 Å². The van der Waals surface area contributed by atoms with Crippen LogP contribution in [-0.4, -0.2) is 36.7 Å². The number of hydrazine groups is 1. The van der Waals surface area contributed by atoms with Gasteiger partial charge >= 0.3 is 0 Å². The highest BCUT2D eigenvalue weighted by atomic mass is 79.9. The van der Waals surface area contributed by atoms with Crippen molar-refractivity contribution in [1.29, 1.82) is 0 Å². The molecular weight excluding hydrogens is 470 g/mol. The molecule has 30 heavy (non-hydrogen) atoms. The van der Waals surface area contributed by atoms with Crippen molar-refractivity contribution < 1.29 is 19.1 Å². The van der Waals surface area contributed by atoms with Crippen LogP contribution in [0.5, 0.6) is 5.75 Å². The summed E-state index contributed by atoms with van der Waals surface area (Å²) < 4.78 is 11.5. The van der Waals surface area contributed by atoms with Crippen molar-refractivity contribution >= 4 is 45.1 Å². The van der Waals surface area contributed by atoms with Crippen LogP contribution < -0.4 is 20.9 Å². The van der Waals surface area contributed by atoms with E-state index in [-0.39, 0.29) is 17.4 Å². The molecule has 0 heterocycles. The lowest BCUT2D eigenvalue weighted by atomic mass is 10.2.